The minimum atomic E-state index is -0.771. The molecule has 0 aliphatic carbocycles. The summed E-state index contributed by atoms with van der Waals surface area (Å²) < 4.78 is 19.4. The quantitative estimate of drug-likeness (QED) is 0.159. The normalized spacial score (nSPS) is 13.7. The first-order valence-corrected chi connectivity index (χ1v) is 16.0. The molecule has 5 nitrogen and oxygen atoms in total. The Labute approximate surface area is 269 Å². The minimum absolute atomic E-state index is 0.0195. The third kappa shape index (κ3) is 6.80. The van der Waals surface area contributed by atoms with E-state index in [0.717, 1.165) is 6.29 Å². The van der Waals surface area contributed by atoms with Crippen molar-refractivity contribution in [3.05, 3.63) is 53.6 Å². The van der Waals surface area contributed by atoms with E-state index in [2.05, 4.69) is 103 Å². The van der Waals surface area contributed by atoms with Crippen molar-refractivity contribution in [3.63, 3.8) is 0 Å². The van der Waals surface area contributed by atoms with Crippen molar-refractivity contribution in [2.24, 2.45) is 33.0 Å². The smallest absolute Gasteiger partial charge is 0.457 e. The molecule has 2 rings (SSSR count). The van der Waals surface area contributed by atoms with Crippen molar-refractivity contribution in [1.82, 2.24) is 0 Å². The molecule has 0 aliphatic heterocycles. The van der Waals surface area contributed by atoms with Crippen LogP contribution < -0.4 is 10.2 Å². The highest BCUT2D eigenvalue weighted by atomic mass is 16.6. The van der Waals surface area contributed by atoms with Gasteiger partial charge in [-0.1, -0.05) is 89.2 Å². The molecule has 0 fully saturated rings. The fraction of sp³-hybridized carbons (Fsp3) is 0.632. The number of benzene rings is 2. The molecule has 0 amide bonds. The molecule has 0 aliphatic rings. The number of nitriles is 1. The molecule has 0 heterocycles. The van der Waals surface area contributed by atoms with Crippen LogP contribution in [0, 0.1) is 44.3 Å². The van der Waals surface area contributed by atoms with Gasteiger partial charge in [-0.25, -0.2) is 0 Å². The van der Waals surface area contributed by atoms with Crippen LogP contribution in [0.25, 0.3) is 0 Å². The SMILES string of the molecule is CC(C)OB(OC(C)(C)C(C)(C)C(C)(C)C(C)(C)C(C)(C)C(C)(C)C(C)C)c1ccc(Oc2ccc(C#N)cc2)cc1C=O. The second kappa shape index (κ2) is 13.0. The molecule has 0 bridgehead atoms. The summed E-state index contributed by atoms with van der Waals surface area (Å²) in [6.45, 7) is 36.7. The molecule has 0 aromatic heterocycles. The summed E-state index contributed by atoms with van der Waals surface area (Å²) >= 11 is 0. The molecule has 2 aromatic carbocycles. The van der Waals surface area contributed by atoms with E-state index >= 15 is 0 Å². The number of ether oxygens (including phenoxy) is 1. The summed E-state index contributed by atoms with van der Waals surface area (Å²) in [6, 6.07) is 14.4. The Bertz CT molecular complexity index is 1330. The second-order valence-corrected chi connectivity index (χ2v) is 16.2. The molecular weight excluding hydrogens is 545 g/mol. The van der Waals surface area contributed by atoms with Gasteiger partial charge in [-0.05, 0) is 103 Å². The summed E-state index contributed by atoms with van der Waals surface area (Å²) in [5, 5.41) is 9.08. The molecule has 0 saturated carbocycles. The van der Waals surface area contributed by atoms with Gasteiger partial charge in [-0.15, -0.1) is 0 Å². The van der Waals surface area contributed by atoms with Crippen LogP contribution in [0.4, 0.5) is 0 Å². The highest BCUT2D eigenvalue weighted by Gasteiger charge is 2.63. The molecule has 242 valence electrons. The predicted octanol–water partition coefficient (Wildman–Crippen LogP) is 9.87. The average molecular weight is 604 g/mol. The van der Waals surface area contributed by atoms with E-state index in [1.54, 1.807) is 30.3 Å². The first-order chi connectivity index (χ1) is 19.9. The zero-order chi connectivity index (χ0) is 34.1. The zero-order valence-electron chi connectivity index (χ0n) is 30.4. The highest BCUT2D eigenvalue weighted by molar-refractivity contribution is 6.62. The van der Waals surface area contributed by atoms with Crippen LogP contribution in [0.5, 0.6) is 11.5 Å². The van der Waals surface area contributed by atoms with E-state index in [4.69, 9.17) is 19.3 Å². The number of hydrogen-bond donors (Lipinski definition) is 0. The lowest BCUT2D eigenvalue weighted by Gasteiger charge is -2.66. The van der Waals surface area contributed by atoms with E-state index in [9.17, 15) is 4.79 Å². The van der Waals surface area contributed by atoms with Crippen LogP contribution >= 0.6 is 0 Å². The van der Waals surface area contributed by atoms with Crippen molar-refractivity contribution < 1.29 is 18.8 Å². The maximum Gasteiger partial charge on any atom is 0.495 e. The van der Waals surface area contributed by atoms with Crippen LogP contribution in [-0.2, 0) is 9.31 Å². The van der Waals surface area contributed by atoms with Crippen LogP contribution in [0.3, 0.4) is 0 Å². The number of aldehydes is 1. The Morgan fingerprint density at radius 1 is 0.727 bits per heavy atom. The van der Waals surface area contributed by atoms with Gasteiger partial charge >= 0.3 is 7.12 Å². The summed E-state index contributed by atoms with van der Waals surface area (Å²) in [7, 11) is -0.771. The van der Waals surface area contributed by atoms with Gasteiger partial charge < -0.3 is 14.0 Å². The van der Waals surface area contributed by atoms with Crippen LogP contribution in [0.1, 0.15) is 127 Å². The monoisotopic (exact) mass is 603 g/mol. The Morgan fingerprint density at radius 3 is 1.68 bits per heavy atom. The first kappa shape index (κ1) is 37.6. The fourth-order valence-corrected chi connectivity index (χ4v) is 6.34. The Balaban J connectivity index is 2.53. The first-order valence-electron chi connectivity index (χ1n) is 16.0. The third-order valence-corrected chi connectivity index (χ3v) is 12.7. The molecule has 44 heavy (non-hydrogen) atoms. The molecular formula is C38H58BNO4. The number of carbonyl (C=O) groups is 1. The topological polar surface area (TPSA) is 68.6 Å². The zero-order valence-corrected chi connectivity index (χ0v) is 30.4. The van der Waals surface area contributed by atoms with Gasteiger partial charge in [-0.3, -0.25) is 4.79 Å². The van der Waals surface area contributed by atoms with Gasteiger partial charge in [0.05, 0.1) is 17.2 Å². The Morgan fingerprint density at radius 2 is 1.23 bits per heavy atom. The lowest BCUT2D eigenvalue weighted by Crippen LogP contribution is -2.63. The summed E-state index contributed by atoms with van der Waals surface area (Å²) in [6.07, 6.45) is 0.686. The number of carbonyl (C=O) groups excluding carboxylic acids is 1. The van der Waals surface area contributed by atoms with E-state index in [-0.39, 0.29) is 33.2 Å². The molecule has 0 N–H and O–H groups in total. The Hall–Kier alpha value is -2.62. The molecule has 0 radical (unpaired) electrons. The molecule has 0 unspecified atom stereocenters. The fourth-order valence-electron chi connectivity index (χ4n) is 6.34. The van der Waals surface area contributed by atoms with Crippen molar-refractivity contribution in [1.29, 1.82) is 5.26 Å². The van der Waals surface area contributed by atoms with Crippen molar-refractivity contribution in [3.8, 4) is 17.6 Å². The van der Waals surface area contributed by atoms with E-state index in [1.165, 1.54) is 0 Å². The lowest BCUT2D eigenvalue weighted by atomic mass is 9.39. The molecule has 2 aromatic rings. The van der Waals surface area contributed by atoms with Crippen molar-refractivity contribution in [2.45, 2.75) is 122 Å². The van der Waals surface area contributed by atoms with E-state index in [1.807, 2.05) is 26.0 Å². The number of hydrogen-bond acceptors (Lipinski definition) is 5. The molecule has 0 spiro atoms. The van der Waals surface area contributed by atoms with Gasteiger partial charge in [0.25, 0.3) is 0 Å². The summed E-state index contributed by atoms with van der Waals surface area (Å²) in [5.74, 6) is 1.60. The number of nitrogens with zero attached hydrogens (tertiary/aromatic N) is 1. The largest absolute Gasteiger partial charge is 0.495 e. The molecule has 6 heteroatoms. The maximum absolute atomic E-state index is 12.4. The van der Waals surface area contributed by atoms with Crippen LogP contribution in [-0.4, -0.2) is 25.1 Å². The number of rotatable bonds is 14. The minimum Gasteiger partial charge on any atom is -0.457 e. The molecule has 0 atom stereocenters. The van der Waals surface area contributed by atoms with Crippen molar-refractivity contribution in [2.75, 3.05) is 0 Å². The molecule has 0 saturated heterocycles. The summed E-state index contributed by atoms with van der Waals surface area (Å²) in [4.78, 5) is 12.4. The van der Waals surface area contributed by atoms with Gasteiger partial charge in [-0.2, -0.15) is 5.26 Å². The third-order valence-electron chi connectivity index (χ3n) is 12.7. The summed E-state index contributed by atoms with van der Waals surface area (Å²) in [5.41, 5.74) is 0.398. The predicted molar refractivity (Wildman–Crippen MR) is 184 cm³/mol. The van der Waals surface area contributed by atoms with Gasteiger partial charge in [0.15, 0.2) is 0 Å². The van der Waals surface area contributed by atoms with Gasteiger partial charge in [0, 0.05) is 11.7 Å². The van der Waals surface area contributed by atoms with Crippen LogP contribution in [0.2, 0.25) is 0 Å². The highest BCUT2D eigenvalue weighted by Crippen LogP contribution is 2.67. The average Bonchev–Trinajstić information content (AvgIpc) is 2.91. The van der Waals surface area contributed by atoms with Crippen LogP contribution in [0.15, 0.2) is 42.5 Å². The standard InChI is InChI=1S/C38H58BNO4/c1-26(2)33(5,6)34(7,8)35(9,10)36(11,12)37(13,14)38(15,16)44-39(43-27(3)4)32-22-21-31(23-29(32)25-41)42-30-19-17-28(24-40)18-20-30/h17-23,25-27H,1-16H3. The van der Waals surface area contributed by atoms with E-state index < -0.39 is 12.7 Å². The Kier molecular flexibility index (Phi) is 11.1. The maximum atomic E-state index is 12.4. The van der Waals surface area contributed by atoms with Gasteiger partial charge in [0.2, 0.25) is 0 Å². The van der Waals surface area contributed by atoms with E-state index in [0.29, 0.717) is 34.0 Å². The lowest BCUT2D eigenvalue weighted by molar-refractivity contribution is -0.197. The van der Waals surface area contributed by atoms with Crippen molar-refractivity contribution >= 4 is 18.9 Å². The second-order valence-electron chi connectivity index (χ2n) is 16.2. The van der Waals surface area contributed by atoms with Gasteiger partial charge in [0.1, 0.15) is 17.8 Å².